The number of carbonyl (C=O) groups is 1. The molecule has 2 unspecified atom stereocenters. The van der Waals surface area contributed by atoms with Crippen molar-refractivity contribution in [1.29, 1.82) is 0 Å². The van der Waals surface area contributed by atoms with Gasteiger partial charge >= 0.3 is 5.97 Å². The van der Waals surface area contributed by atoms with E-state index in [1.165, 1.54) is 20.0 Å². The van der Waals surface area contributed by atoms with Crippen LogP contribution in [-0.4, -0.2) is 43.2 Å². The summed E-state index contributed by atoms with van der Waals surface area (Å²) in [4.78, 5) is 17.9. The molecule has 19 heavy (non-hydrogen) atoms. The van der Waals surface area contributed by atoms with Gasteiger partial charge in [-0.05, 0) is 31.4 Å². The van der Waals surface area contributed by atoms with Gasteiger partial charge in [-0.15, -0.1) is 0 Å². The van der Waals surface area contributed by atoms with Gasteiger partial charge in [0.25, 0.3) is 0 Å². The predicted molar refractivity (Wildman–Crippen MR) is 72.4 cm³/mol. The van der Waals surface area contributed by atoms with Gasteiger partial charge in [-0.25, -0.2) is 9.78 Å². The lowest BCUT2D eigenvalue weighted by atomic mass is 10.1. The lowest BCUT2D eigenvalue weighted by Crippen LogP contribution is -2.35. The summed E-state index contributed by atoms with van der Waals surface area (Å²) in [6, 6.07) is 5.02. The number of rotatable bonds is 2. The third kappa shape index (κ3) is 2.56. The summed E-state index contributed by atoms with van der Waals surface area (Å²) in [5, 5.41) is 3.65. The summed E-state index contributed by atoms with van der Waals surface area (Å²) in [6.45, 7) is 2.03. The number of esters is 1. The first-order chi connectivity index (χ1) is 9.26. The van der Waals surface area contributed by atoms with Crippen LogP contribution in [0.1, 0.15) is 29.8 Å². The Morgan fingerprint density at radius 2 is 2.26 bits per heavy atom. The van der Waals surface area contributed by atoms with Gasteiger partial charge in [-0.3, -0.25) is 0 Å². The second kappa shape index (κ2) is 5.17. The Morgan fingerprint density at radius 3 is 3.11 bits per heavy atom. The maximum Gasteiger partial charge on any atom is 0.356 e. The molecule has 2 saturated heterocycles. The van der Waals surface area contributed by atoms with Crippen LogP contribution < -0.4 is 10.2 Å². The number of pyridine rings is 1. The van der Waals surface area contributed by atoms with Crippen LogP contribution in [0.2, 0.25) is 0 Å². The molecule has 1 N–H and O–H groups in total. The van der Waals surface area contributed by atoms with Crippen LogP contribution in [0, 0.1) is 0 Å². The molecule has 2 aliphatic rings. The number of aromatic nitrogens is 1. The standard InChI is InChI=1S/C14H19N3O2/c1-19-14(18)13-8-12(4-6-15-13)17-7-5-10-2-3-11(9-17)16-10/h4,6,8,10-11,16H,2-3,5,7,9H2,1H3. The van der Waals surface area contributed by atoms with Crippen molar-refractivity contribution in [2.45, 2.75) is 31.3 Å². The maximum absolute atomic E-state index is 11.5. The quantitative estimate of drug-likeness (QED) is 0.811. The van der Waals surface area contributed by atoms with Gasteiger partial charge in [0.05, 0.1) is 7.11 Å². The SMILES string of the molecule is COC(=O)c1cc(N2CCC3CCC(C2)N3)ccn1. The fourth-order valence-electron chi connectivity index (χ4n) is 3.01. The van der Waals surface area contributed by atoms with Crippen LogP contribution in [0.25, 0.3) is 0 Å². The molecule has 1 aromatic heterocycles. The Bertz CT molecular complexity index is 478. The molecule has 2 fully saturated rings. The van der Waals surface area contributed by atoms with Gasteiger partial charge in [-0.1, -0.05) is 0 Å². The lowest BCUT2D eigenvalue weighted by Gasteiger charge is -2.26. The van der Waals surface area contributed by atoms with Gasteiger partial charge in [-0.2, -0.15) is 0 Å². The van der Waals surface area contributed by atoms with Crippen molar-refractivity contribution in [3.8, 4) is 0 Å². The molecule has 0 spiro atoms. The molecule has 0 radical (unpaired) electrons. The minimum Gasteiger partial charge on any atom is -0.464 e. The van der Waals surface area contributed by atoms with Gasteiger partial charge in [0.15, 0.2) is 0 Å². The van der Waals surface area contributed by atoms with Crippen molar-refractivity contribution in [1.82, 2.24) is 10.3 Å². The van der Waals surface area contributed by atoms with Gasteiger partial charge < -0.3 is 15.0 Å². The van der Waals surface area contributed by atoms with Crippen molar-refractivity contribution in [3.05, 3.63) is 24.0 Å². The van der Waals surface area contributed by atoms with E-state index in [-0.39, 0.29) is 5.97 Å². The van der Waals surface area contributed by atoms with Crippen LogP contribution in [0.3, 0.4) is 0 Å². The average Bonchev–Trinajstić information content (AvgIpc) is 2.77. The molecule has 0 saturated carbocycles. The van der Waals surface area contributed by atoms with E-state index in [1.807, 2.05) is 12.1 Å². The highest BCUT2D eigenvalue weighted by molar-refractivity contribution is 5.88. The first kappa shape index (κ1) is 12.4. The number of nitrogens with one attached hydrogen (secondary N) is 1. The molecule has 2 atom stereocenters. The Morgan fingerprint density at radius 1 is 1.42 bits per heavy atom. The first-order valence-corrected chi connectivity index (χ1v) is 6.81. The average molecular weight is 261 g/mol. The van der Waals surface area contributed by atoms with E-state index in [1.54, 1.807) is 6.20 Å². The third-order valence-corrected chi connectivity index (χ3v) is 4.03. The Balaban J connectivity index is 1.79. The minimum atomic E-state index is -0.378. The van der Waals surface area contributed by atoms with Crippen LogP contribution in [0.5, 0.6) is 0 Å². The van der Waals surface area contributed by atoms with Crippen LogP contribution >= 0.6 is 0 Å². The lowest BCUT2D eigenvalue weighted by molar-refractivity contribution is 0.0594. The molecule has 0 aliphatic carbocycles. The third-order valence-electron chi connectivity index (χ3n) is 4.03. The second-order valence-electron chi connectivity index (χ2n) is 5.26. The zero-order chi connectivity index (χ0) is 13.2. The van der Waals surface area contributed by atoms with Gasteiger partial charge in [0.2, 0.25) is 0 Å². The van der Waals surface area contributed by atoms with Crippen LogP contribution in [-0.2, 0) is 4.74 Å². The second-order valence-corrected chi connectivity index (χ2v) is 5.26. The summed E-state index contributed by atoms with van der Waals surface area (Å²) >= 11 is 0. The van der Waals surface area contributed by atoms with Crippen molar-refractivity contribution in [3.63, 3.8) is 0 Å². The molecule has 5 nitrogen and oxygen atoms in total. The summed E-state index contributed by atoms with van der Waals surface area (Å²) < 4.78 is 4.72. The van der Waals surface area contributed by atoms with E-state index < -0.39 is 0 Å². The van der Waals surface area contributed by atoms with Crippen LogP contribution in [0.15, 0.2) is 18.3 Å². The van der Waals surface area contributed by atoms with E-state index in [4.69, 9.17) is 4.74 Å². The number of carbonyl (C=O) groups excluding carboxylic acids is 1. The van der Waals surface area contributed by atoms with Gasteiger partial charge in [0, 0.05) is 37.1 Å². The van der Waals surface area contributed by atoms with Gasteiger partial charge in [0.1, 0.15) is 5.69 Å². The fourth-order valence-corrected chi connectivity index (χ4v) is 3.01. The topological polar surface area (TPSA) is 54.5 Å². The number of methoxy groups -OCH3 is 1. The van der Waals surface area contributed by atoms with Crippen molar-refractivity contribution < 1.29 is 9.53 Å². The minimum absolute atomic E-state index is 0.377. The fraction of sp³-hybridized carbons (Fsp3) is 0.571. The predicted octanol–water partition coefficient (Wildman–Crippen LogP) is 1.20. The number of anilines is 1. The monoisotopic (exact) mass is 261 g/mol. The largest absolute Gasteiger partial charge is 0.464 e. The van der Waals surface area contributed by atoms with E-state index >= 15 is 0 Å². The first-order valence-electron chi connectivity index (χ1n) is 6.81. The highest BCUT2D eigenvalue weighted by Gasteiger charge is 2.29. The van der Waals surface area contributed by atoms with Crippen molar-refractivity contribution in [2.24, 2.45) is 0 Å². The van der Waals surface area contributed by atoms with E-state index in [2.05, 4.69) is 15.2 Å². The molecule has 2 bridgehead atoms. The summed E-state index contributed by atoms with van der Waals surface area (Å²) in [5.74, 6) is -0.378. The zero-order valence-corrected chi connectivity index (χ0v) is 11.1. The molecule has 5 heteroatoms. The molecule has 0 amide bonds. The Hall–Kier alpha value is -1.62. The summed E-state index contributed by atoms with van der Waals surface area (Å²) in [6.07, 6.45) is 5.38. The Labute approximate surface area is 113 Å². The molecule has 0 aromatic carbocycles. The molecule has 2 aliphatic heterocycles. The smallest absolute Gasteiger partial charge is 0.356 e. The van der Waals surface area contributed by atoms with E-state index in [9.17, 15) is 4.79 Å². The molecular formula is C14H19N3O2. The van der Waals surface area contributed by atoms with Crippen molar-refractivity contribution in [2.75, 3.05) is 25.1 Å². The number of nitrogens with zero attached hydrogens (tertiary/aromatic N) is 2. The Kier molecular flexibility index (Phi) is 3.38. The van der Waals surface area contributed by atoms with E-state index in [0.29, 0.717) is 17.8 Å². The number of hydrogen-bond donors (Lipinski definition) is 1. The number of fused-ring (bicyclic) bond motifs is 2. The summed E-state index contributed by atoms with van der Waals surface area (Å²) in [7, 11) is 1.38. The molecule has 3 rings (SSSR count). The summed E-state index contributed by atoms with van der Waals surface area (Å²) in [5.41, 5.74) is 1.44. The van der Waals surface area contributed by atoms with Crippen molar-refractivity contribution >= 4 is 11.7 Å². The highest BCUT2D eigenvalue weighted by atomic mass is 16.5. The number of hydrogen-bond acceptors (Lipinski definition) is 5. The van der Waals surface area contributed by atoms with Crippen LogP contribution in [0.4, 0.5) is 5.69 Å². The zero-order valence-electron chi connectivity index (χ0n) is 11.1. The van der Waals surface area contributed by atoms with E-state index in [0.717, 1.165) is 25.2 Å². The molecular weight excluding hydrogens is 242 g/mol. The maximum atomic E-state index is 11.5. The molecule has 1 aromatic rings. The molecule has 102 valence electrons. The highest BCUT2D eigenvalue weighted by Crippen LogP contribution is 2.24. The molecule has 3 heterocycles. The normalized spacial score (nSPS) is 26.1. The number of ether oxygens (including phenoxy) is 1.